The molecule has 2 rings (SSSR count). The van der Waals surface area contributed by atoms with Gasteiger partial charge in [0.05, 0.1) is 18.2 Å². The number of ether oxygens (including phenoxy) is 1. The average Bonchev–Trinajstić information content (AvgIpc) is 2.71. The number of rotatable bonds is 2. The average molecular weight is 251 g/mol. The Labute approximate surface area is 108 Å². The minimum absolute atomic E-state index is 0.0193. The molecule has 1 aromatic rings. The van der Waals surface area contributed by atoms with E-state index in [4.69, 9.17) is 4.74 Å². The fraction of sp³-hybridized carbons (Fsp3) is 0.692. The third kappa shape index (κ3) is 2.49. The van der Waals surface area contributed by atoms with E-state index in [1.165, 1.54) is 0 Å². The Balaban J connectivity index is 2.15. The van der Waals surface area contributed by atoms with Gasteiger partial charge in [-0.3, -0.25) is 4.79 Å². The van der Waals surface area contributed by atoms with Crippen molar-refractivity contribution in [1.29, 1.82) is 0 Å². The highest BCUT2D eigenvalue weighted by Gasteiger charge is 2.28. The Bertz CT molecular complexity index is 446. The van der Waals surface area contributed by atoms with E-state index in [2.05, 4.69) is 31.1 Å². The smallest absolute Gasteiger partial charge is 0.312 e. The summed E-state index contributed by atoms with van der Waals surface area (Å²) in [5, 5.41) is 3.20. The van der Waals surface area contributed by atoms with E-state index in [-0.39, 0.29) is 17.3 Å². The van der Waals surface area contributed by atoms with Crippen LogP contribution in [0.25, 0.3) is 0 Å². The van der Waals surface area contributed by atoms with Gasteiger partial charge in [0.25, 0.3) is 0 Å². The van der Waals surface area contributed by atoms with Gasteiger partial charge in [-0.1, -0.05) is 20.8 Å². The summed E-state index contributed by atoms with van der Waals surface area (Å²) in [6.07, 6.45) is 2.02. The predicted molar refractivity (Wildman–Crippen MR) is 69.5 cm³/mol. The lowest BCUT2D eigenvalue weighted by molar-refractivity contribution is -0.148. The summed E-state index contributed by atoms with van der Waals surface area (Å²) >= 11 is 0. The second kappa shape index (κ2) is 4.63. The van der Waals surface area contributed by atoms with E-state index in [1.54, 1.807) is 0 Å². The molecule has 1 N–H and O–H groups in total. The summed E-state index contributed by atoms with van der Waals surface area (Å²) in [5.41, 5.74) is 1.06. The first-order chi connectivity index (χ1) is 8.41. The molecule has 0 radical (unpaired) electrons. The van der Waals surface area contributed by atoms with Gasteiger partial charge in [0.15, 0.2) is 0 Å². The molecule has 0 aliphatic carbocycles. The van der Waals surface area contributed by atoms with Gasteiger partial charge in [0.2, 0.25) is 5.95 Å². The number of carbonyl (C=O) groups excluding carboxylic acids is 1. The number of hydrogen-bond donors (Lipinski definition) is 1. The van der Waals surface area contributed by atoms with Gasteiger partial charge < -0.3 is 14.6 Å². The largest absolute Gasteiger partial charge is 0.466 e. The lowest BCUT2D eigenvalue weighted by Gasteiger charge is -2.23. The number of aromatic nitrogens is 2. The van der Waals surface area contributed by atoms with Crippen molar-refractivity contribution in [2.24, 2.45) is 5.92 Å². The fourth-order valence-electron chi connectivity index (χ4n) is 1.99. The fourth-order valence-corrected chi connectivity index (χ4v) is 1.99. The molecule has 5 nitrogen and oxygen atoms in total. The van der Waals surface area contributed by atoms with Crippen LogP contribution in [0, 0.1) is 5.92 Å². The molecular weight excluding hydrogens is 230 g/mol. The number of carbonyl (C=O) groups is 1. The highest BCUT2D eigenvalue weighted by Crippen LogP contribution is 2.26. The lowest BCUT2D eigenvalue weighted by atomic mass is 9.93. The Morgan fingerprint density at radius 3 is 2.94 bits per heavy atom. The number of fused-ring (bicyclic) bond motifs is 1. The third-order valence-electron chi connectivity index (χ3n) is 3.09. The van der Waals surface area contributed by atoms with E-state index in [0.29, 0.717) is 19.7 Å². The highest BCUT2D eigenvalue weighted by atomic mass is 16.5. The van der Waals surface area contributed by atoms with Crippen molar-refractivity contribution in [2.75, 3.05) is 18.5 Å². The summed E-state index contributed by atoms with van der Waals surface area (Å²) in [5.74, 6) is 0.585. The molecular formula is C13H21N3O2. The molecule has 5 heteroatoms. The van der Waals surface area contributed by atoms with Crippen molar-refractivity contribution in [3.63, 3.8) is 0 Å². The minimum atomic E-state index is -0.137. The third-order valence-corrected chi connectivity index (χ3v) is 3.09. The molecule has 0 saturated heterocycles. The predicted octanol–water partition coefficient (Wildman–Crippen LogP) is 1.79. The molecule has 1 aliphatic rings. The number of nitrogens with one attached hydrogen (secondary N) is 1. The zero-order valence-corrected chi connectivity index (χ0v) is 11.5. The van der Waals surface area contributed by atoms with Gasteiger partial charge >= 0.3 is 5.97 Å². The maximum absolute atomic E-state index is 11.7. The normalized spacial score (nSPS) is 19.0. The summed E-state index contributed by atoms with van der Waals surface area (Å²) in [4.78, 5) is 16.3. The van der Waals surface area contributed by atoms with Crippen molar-refractivity contribution in [3.05, 3.63) is 11.9 Å². The molecule has 1 aromatic heterocycles. The number of nitrogens with zero attached hydrogens (tertiary/aromatic N) is 2. The molecule has 0 amide bonds. The molecule has 1 aliphatic heterocycles. The van der Waals surface area contributed by atoms with Crippen LogP contribution in [-0.2, 0) is 21.5 Å². The molecule has 0 aromatic carbocycles. The topological polar surface area (TPSA) is 56.1 Å². The van der Waals surface area contributed by atoms with Crippen LogP contribution in [0.15, 0.2) is 6.20 Å². The monoisotopic (exact) mass is 251 g/mol. The van der Waals surface area contributed by atoms with Crippen molar-refractivity contribution in [3.8, 4) is 0 Å². The van der Waals surface area contributed by atoms with Crippen LogP contribution in [0.5, 0.6) is 0 Å². The molecule has 1 unspecified atom stereocenters. The Morgan fingerprint density at radius 1 is 1.61 bits per heavy atom. The SMILES string of the molecule is CCOC(=O)C1CNc2nc(C(C)(C)C)cn2C1. The molecule has 18 heavy (non-hydrogen) atoms. The number of esters is 1. The number of imidazole rings is 1. The van der Waals surface area contributed by atoms with Crippen LogP contribution >= 0.6 is 0 Å². The maximum atomic E-state index is 11.7. The van der Waals surface area contributed by atoms with E-state index in [0.717, 1.165) is 11.6 Å². The minimum Gasteiger partial charge on any atom is -0.466 e. The molecule has 0 bridgehead atoms. The van der Waals surface area contributed by atoms with Crippen molar-refractivity contribution >= 4 is 11.9 Å². The van der Waals surface area contributed by atoms with Crippen LogP contribution in [0.4, 0.5) is 5.95 Å². The molecule has 0 saturated carbocycles. The van der Waals surface area contributed by atoms with E-state index < -0.39 is 0 Å². The van der Waals surface area contributed by atoms with Gasteiger partial charge in [-0.15, -0.1) is 0 Å². The first-order valence-corrected chi connectivity index (χ1v) is 6.40. The lowest BCUT2D eigenvalue weighted by Crippen LogP contribution is -2.34. The molecule has 0 fully saturated rings. The van der Waals surface area contributed by atoms with Gasteiger partial charge in [0, 0.05) is 24.7 Å². The quantitative estimate of drug-likeness (QED) is 0.814. The summed E-state index contributed by atoms with van der Waals surface area (Å²) in [7, 11) is 0. The second-order valence-corrected chi connectivity index (χ2v) is 5.68. The van der Waals surface area contributed by atoms with Crippen molar-refractivity contribution < 1.29 is 9.53 Å². The van der Waals surface area contributed by atoms with E-state index in [9.17, 15) is 4.79 Å². The first kappa shape index (κ1) is 12.9. The maximum Gasteiger partial charge on any atom is 0.312 e. The molecule has 1 atom stereocenters. The van der Waals surface area contributed by atoms with Crippen LogP contribution in [0.1, 0.15) is 33.4 Å². The van der Waals surface area contributed by atoms with Gasteiger partial charge in [-0.05, 0) is 6.92 Å². The van der Waals surface area contributed by atoms with Gasteiger partial charge in [0.1, 0.15) is 0 Å². The molecule has 100 valence electrons. The van der Waals surface area contributed by atoms with Crippen LogP contribution in [0.2, 0.25) is 0 Å². The zero-order chi connectivity index (χ0) is 13.3. The number of anilines is 1. The van der Waals surface area contributed by atoms with Crippen LogP contribution in [0.3, 0.4) is 0 Å². The Kier molecular flexibility index (Phi) is 3.32. The molecule has 2 heterocycles. The second-order valence-electron chi connectivity index (χ2n) is 5.68. The van der Waals surface area contributed by atoms with Gasteiger partial charge in [-0.25, -0.2) is 4.98 Å². The Morgan fingerprint density at radius 2 is 2.33 bits per heavy atom. The first-order valence-electron chi connectivity index (χ1n) is 6.40. The van der Waals surface area contributed by atoms with Gasteiger partial charge in [-0.2, -0.15) is 0 Å². The van der Waals surface area contributed by atoms with Crippen molar-refractivity contribution in [1.82, 2.24) is 9.55 Å². The van der Waals surface area contributed by atoms with Crippen molar-refractivity contribution in [2.45, 2.75) is 39.7 Å². The van der Waals surface area contributed by atoms with Crippen LogP contribution in [-0.4, -0.2) is 28.7 Å². The van der Waals surface area contributed by atoms with E-state index in [1.807, 2.05) is 17.7 Å². The van der Waals surface area contributed by atoms with Crippen LogP contribution < -0.4 is 5.32 Å². The summed E-state index contributed by atoms with van der Waals surface area (Å²) in [6, 6.07) is 0. The molecule has 0 spiro atoms. The number of hydrogen-bond acceptors (Lipinski definition) is 4. The zero-order valence-electron chi connectivity index (χ0n) is 11.5. The standard InChI is InChI=1S/C13H21N3O2/c1-5-18-11(17)9-6-14-12-15-10(13(2,3)4)8-16(12)7-9/h8-9H,5-7H2,1-4H3,(H,14,15). The van der Waals surface area contributed by atoms with E-state index >= 15 is 0 Å². The summed E-state index contributed by atoms with van der Waals surface area (Å²) in [6.45, 7) is 9.88. The highest BCUT2D eigenvalue weighted by molar-refractivity contribution is 5.73. The summed E-state index contributed by atoms with van der Waals surface area (Å²) < 4.78 is 7.06. The Hall–Kier alpha value is -1.52.